The number of ketones is 1. The summed E-state index contributed by atoms with van der Waals surface area (Å²) < 4.78 is 47.0. The number of Topliss-reactive ketones (excluding diaryl/α,β-unsaturated/α-hetero) is 1. The number of sulfone groups is 1. The first kappa shape index (κ1) is 26.8. The van der Waals surface area contributed by atoms with E-state index in [0.29, 0.717) is 36.0 Å². The Morgan fingerprint density at radius 2 is 1.67 bits per heavy atom. The molecule has 0 radical (unpaired) electrons. The van der Waals surface area contributed by atoms with Gasteiger partial charge in [-0.25, -0.2) is 13.4 Å². The molecule has 5 rings (SSSR count). The Morgan fingerprint density at radius 3 is 2.33 bits per heavy atom. The number of methoxy groups -OCH3 is 1. The second-order valence-electron chi connectivity index (χ2n) is 9.41. The summed E-state index contributed by atoms with van der Waals surface area (Å²) in [6.07, 6.45) is 2.62. The lowest BCUT2D eigenvalue weighted by molar-refractivity contribution is -0.0948. The van der Waals surface area contributed by atoms with Gasteiger partial charge in [-0.1, -0.05) is 42.5 Å². The number of hydrogen-bond acceptors (Lipinski definition) is 8. The van der Waals surface area contributed by atoms with Crippen molar-refractivity contribution in [3.63, 3.8) is 0 Å². The molecule has 8 nitrogen and oxygen atoms in total. The lowest BCUT2D eigenvalue weighted by Crippen LogP contribution is -2.35. The minimum Gasteiger partial charge on any atom is -0.485 e. The highest BCUT2D eigenvalue weighted by Crippen LogP contribution is 2.37. The molecular formula is C30H29NO7S. The number of aromatic nitrogens is 1. The molecule has 3 aromatic carbocycles. The van der Waals surface area contributed by atoms with Crippen LogP contribution < -0.4 is 4.74 Å². The van der Waals surface area contributed by atoms with Gasteiger partial charge >= 0.3 is 0 Å². The molecule has 0 N–H and O–H groups in total. The van der Waals surface area contributed by atoms with E-state index in [9.17, 15) is 13.2 Å². The fourth-order valence-corrected chi connectivity index (χ4v) is 5.30. The molecule has 1 fully saturated rings. The Bertz CT molecular complexity index is 1550. The first-order valence-electron chi connectivity index (χ1n) is 12.6. The Hall–Kier alpha value is -3.79. The normalized spacial score (nSPS) is 15.1. The van der Waals surface area contributed by atoms with Gasteiger partial charge < -0.3 is 18.6 Å². The van der Waals surface area contributed by atoms with Crippen LogP contribution in [-0.2, 0) is 24.9 Å². The maximum atomic E-state index is 13.1. The Labute approximate surface area is 227 Å². The molecule has 0 saturated carbocycles. The average molecular weight is 548 g/mol. The number of rotatable bonds is 9. The average Bonchev–Trinajstić information content (AvgIpc) is 3.42. The first-order valence-corrected chi connectivity index (χ1v) is 14.4. The lowest BCUT2D eigenvalue weighted by atomic mass is 9.86. The van der Waals surface area contributed by atoms with Gasteiger partial charge in [0.1, 0.15) is 11.4 Å². The number of oxazole rings is 1. The van der Waals surface area contributed by atoms with Crippen LogP contribution in [0.1, 0.15) is 29.1 Å². The highest BCUT2D eigenvalue weighted by molar-refractivity contribution is 7.90. The summed E-state index contributed by atoms with van der Waals surface area (Å²) >= 11 is 0. The van der Waals surface area contributed by atoms with Gasteiger partial charge in [0.25, 0.3) is 11.7 Å². The molecule has 0 bridgehead atoms. The minimum absolute atomic E-state index is 0.0926. The molecule has 1 aliphatic rings. The zero-order valence-electron chi connectivity index (χ0n) is 21.8. The zero-order chi connectivity index (χ0) is 27.5. The quantitative estimate of drug-likeness (QED) is 0.259. The van der Waals surface area contributed by atoms with Crippen LogP contribution >= 0.6 is 0 Å². The van der Waals surface area contributed by atoms with Crippen LogP contribution in [0.2, 0.25) is 0 Å². The van der Waals surface area contributed by atoms with Crippen molar-refractivity contribution in [2.75, 3.05) is 33.2 Å². The van der Waals surface area contributed by atoms with Gasteiger partial charge in [-0.3, -0.25) is 4.79 Å². The van der Waals surface area contributed by atoms with Gasteiger partial charge in [-0.05, 0) is 42.0 Å². The second kappa shape index (κ2) is 11.1. The Balaban J connectivity index is 1.40. The fraction of sp³-hybridized carbons (Fsp3) is 0.267. The van der Waals surface area contributed by atoms with E-state index in [4.69, 9.17) is 18.6 Å². The van der Waals surface area contributed by atoms with Crippen molar-refractivity contribution in [1.82, 2.24) is 4.98 Å². The smallest absolute Gasteiger partial charge is 0.268 e. The summed E-state index contributed by atoms with van der Waals surface area (Å²) in [6, 6.07) is 23.2. The van der Waals surface area contributed by atoms with E-state index in [2.05, 4.69) is 4.98 Å². The second-order valence-corrected chi connectivity index (χ2v) is 11.4. The molecule has 39 heavy (non-hydrogen) atoms. The summed E-state index contributed by atoms with van der Waals surface area (Å²) in [7, 11) is -1.66. The molecule has 1 aromatic heterocycles. The molecular weight excluding hydrogens is 518 g/mol. The van der Waals surface area contributed by atoms with Crippen molar-refractivity contribution >= 4 is 15.6 Å². The molecule has 1 aliphatic heterocycles. The van der Waals surface area contributed by atoms with Gasteiger partial charge in [0.05, 0.1) is 10.5 Å². The Morgan fingerprint density at radius 1 is 0.949 bits per heavy atom. The third kappa shape index (κ3) is 5.80. The number of hydrogen-bond donors (Lipinski definition) is 0. The van der Waals surface area contributed by atoms with Crippen LogP contribution in [0.3, 0.4) is 0 Å². The molecule has 4 aromatic rings. The summed E-state index contributed by atoms with van der Waals surface area (Å²) in [5.41, 5.74) is 2.37. The van der Waals surface area contributed by atoms with Gasteiger partial charge in [0, 0.05) is 50.5 Å². The molecule has 2 heterocycles. The van der Waals surface area contributed by atoms with Crippen LogP contribution in [0.25, 0.3) is 22.6 Å². The summed E-state index contributed by atoms with van der Waals surface area (Å²) in [5, 5.41) is 0. The van der Waals surface area contributed by atoms with Crippen molar-refractivity contribution in [2.24, 2.45) is 0 Å². The minimum atomic E-state index is -3.35. The highest BCUT2D eigenvalue weighted by Gasteiger charge is 2.34. The van der Waals surface area contributed by atoms with Crippen molar-refractivity contribution in [3.05, 3.63) is 90.3 Å². The van der Waals surface area contributed by atoms with Gasteiger partial charge in [0.15, 0.2) is 22.2 Å². The molecule has 0 amide bonds. The van der Waals surface area contributed by atoms with Crippen LogP contribution in [0.5, 0.6) is 5.75 Å². The van der Waals surface area contributed by atoms with Crippen LogP contribution in [0.15, 0.2) is 88.2 Å². The SMILES string of the molecule is COC1(c2cccc(OCC(=O)c3nc(-c4ccccc4)c(-c4ccc(S(C)(=O)=O)cc4)o3)c2)CCOCC1. The van der Waals surface area contributed by atoms with Crippen LogP contribution in [-0.4, -0.2) is 52.4 Å². The summed E-state index contributed by atoms with van der Waals surface area (Å²) in [5.74, 6) is 0.387. The summed E-state index contributed by atoms with van der Waals surface area (Å²) in [6.45, 7) is 0.961. The molecule has 9 heteroatoms. The molecule has 0 spiro atoms. The van der Waals surface area contributed by atoms with Crippen molar-refractivity contribution in [3.8, 4) is 28.3 Å². The number of ether oxygens (including phenoxy) is 3. The van der Waals surface area contributed by atoms with E-state index in [1.807, 2.05) is 48.5 Å². The van der Waals surface area contributed by atoms with Crippen molar-refractivity contribution in [1.29, 1.82) is 0 Å². The topological polar surface area (TPSA) is 105 Å². The molecule has 0 unspecified atom stereocenters. The van der Waals surface area contributed by atoms with Crippen LogP contribution in [0.4, 0.5) is 0 Å². The number of nitrogens with zero attached hydrogens (tertiary/aromatic N) is 1. The maximum absolute atomic E-state index is 13.1. The van der Waals surface area contributed by atoms with Crippen LogP contribution in [0, 0.1) is 0 Å². The third-order valence-corrected chi connectivity index (χ3v) is 8.01. The Kier molecular flexibility index (Phi) is 7.65. The largest absolute Gasteiger partial charge is 0.485 e. The summed E-state index contributed by atoms with van der Waals surface area (Å²) in [4.78, 5) is 17.8. The van der Waals surface area contributed by atoms with Crippen molar-refractivity contribution in [2.45, 2.75) is 23.3 Å². The van der Waals surface area contributed by atoms with E-state index in [1.165, 1.54) is 12.1 Å². The monoisotopic (exact) mass is 547 g/mol. The maximum Gasteiger partial charge on any atom is 0.268 e. The van der Waals surface area contributed by atoms with Gasteiger partial charge in [0.2, 0.25) is 0 Å². The first-order chi connectivity index (χ1) is 18.8. The number of carbonyl (C=O) groups excluding carboxylic acids is 1. The fourth-order valence-electron chi connectivity index (χ4n) is 4.67. The van der Waals surface area contributed by atoms with Crippen molar-refractivity contribution < 1.29 is 31.8 Å². The molecule has 1 saturated heterocycles. The van der Waals surface area contributed by atoms with E-state index >= 15 is 0 Å². The predicted octanol–water partition coefficient (Wildman–Crippen LogP) is 5.33. The number of carbonyl (C=O) groups is 1. The molecule has 0 atom stereocenters. The standard InChI is InChI=1S/C30H29NO7S/c1-35-30(15-17-36-18-16-30)23-9-6-10-24(19-23)37-20-26(32)29-31-27(21-7-4-3-5-8-21)28(38-29)22-11-13-25(14-12-22)39(2,33)34/h3-14,19H,15-18,20H2,1-2H3. The molecule has 202 valence electrons. The molecule has 0 aliphatic carbocycles. The van der Waals surface area contributed by atoms with Gasteiger partial charge in [-0.15, -0.1) is 0 Å². The van der Waals surface area contributed by atoms with Gasteiger partial charge in [-0.2, -0.15) is 0 Å². The zero-order valence-corrected chi connectivity index (χ0v) is 22.6. The van der Waals surface area contributed by atoms with E-state index in [0.717, 1.165) is 30.2 Å². The van der Waals surface area contributed by atoms with E-state index < -0.39 is 21.2 Å². The van der Waals surface area contributed by atoms with E-state index in [-0.39, 0.29) is 17.4 Å². The lowest BCUT2D eigenvalue weighted by Gasteiger charge is -2.36. The number of benzene rings is 3. The third-order valence-electron chi connectivity index (χ3n) is 6.88. The van der Waals surface area contributed by atoms with E-state index in [1.54, 1.807) is 25.3 Å². The highest BCUT2D eigenvalue weighted by atomic mass is 32.2. The predicted molar refractivity (Wildman–Crippen MR) is 145 cm³/mol.